The van der Waals surface area contributed by atoms with Crippen LogP contribution < -0.4 is 9.47 Å². The molecule has 0 N–H and O–H groups in total. The molecule has 1 aromatic carbocycles. The molecule has 3 aliphatic rings. The highest BCUT2D eigenvalue weighted by molar-refractivity contribution is 9.10. The molecule has 26 heavy (non-hydrogen) atoms. The van der Waals surface area contributed by atoms with E-state index in [2.05, 4.69) is 27.0 Å². The molecule has 4 rings (SSSR count). The Labute approximate surface area is 159 Å². The largest absolute Gasteiger partial charge is 0.493 e. The summed E-state index contributed by atoms with van der Waals surface area (Å²) in [5.74, 6) is 0.997. The molecule has 0 radical (unpaired) electrons. The van der Waals surface area contributed by atoms with E-state index in [0.717, 1.165) is 26.9 Å². The van der Waals surface area contributed by atoms with Crippen molar-refractivity contribution in [1.82, 2.24) is 0 Å². The van der Waals surface area contributed by atoms with Gasteiger partial charge in [-0.1, -0.05) is 6.08 Å². The van der Waals surface area contributed by atoms with Crippen LogP contribution in [0.5, 0.6) is 11.5 Å². The van der Waals surface area contributed by atoms with Gasteiger partial charge in [-0.05, 0) is 51.4 Å². The van der Waals surface area contributed by atoms with Gasteiger partial charge in [-0.25, -0.2) is 0 Å². The summed E-state index contributed by atoms with van der Waals surface area (Å²) >= 11 is 3.54. The number of hydrogen-bond acceptors (Lipinski definition) is 5. The molecule has 0 amide bonds. The van der Waals surface area contributed by atoms with Gasteiger partial charge < -0.3 is 14.2 Å². The van der Waals surface area contributed by atoms with Crippen molar-refractivity contribution in [3.8, 4) is 17.6 Å². The van der Waals surface area contributed by atoms with Crippen molar-refractivity contribution in [2.75, 3.05) is 14.2 Å². The highest BCUT2D eigenvalue weighted by atomic mass is 79.9. The number of ether oxygens (including phenoxy) is 3. The molecule has 1 aromatic rings. The second-order valence-corrected chi connectivity index (χ2v) is 6.85. The Balaban J connectivity index is 1.87. The first-order valence-corrected chi connectivity index (χ1v) is 8.80. The molecule has 2 heterocycles. The number of methoxy groups -OCH3 is 2. The van der Waals surface area contributed by atoms with E-state index < -0.39 is 0 Å². The summed E-state index contributed by atoms with van der Waals surface area (Å²) in [4.78, 5) is 4.34. The second-order valence-electron chi connectivity index (χ2n) is 5.99. The van der Waals surface area contributed by atoms with Crippen molar-refractivity contribution in [3.05, 3.63) is 69.1 Å². The van der Waals surface area contributed by atoms with Gasteiger partial charge in [0.25, 0.3) is 0 Å². The number of hydrogen-bond donors (Lipinski definition) is 0. The molecule has 0 saturated heterocycles. The molecule has 130 valence electrons. The summed E-state index contributed by atoms with van der Waals surface area (Å²) in [6.45, 7) is 0. The Morgan fingerprint density at radius 2 is 2.04 bits per heavy atom. The van der Waals surface area contributed by atoms with Crippen molar-refractivity contribution in [2.24, 2.45) is 4.99 Å². The monoisotopic (exact) mass is 410 g/mol. The van der Waals surface area contributed by atoms with Gasteiger partial charge in [-0.15, -0.1) is 0 Å². The summed E-state index contributed by atoms with van der Waals surface area (Å²) in [6.07, 6.45) is 9.00. The van der Waals surface area contributed by atoms with Gasteiger partial charge in [-0.3, -0.25) is 4.99 Å². The maximum absolute atomic E-state index is 9.65. The third kappa shape index (κ3) is 2.47. The van der Waals surface area contributed by atoms with Crippen molar-refractivity contribution >= 4 is 22.1 Å². The smallest absolute Gasteiger partial charge is 0.174 e. The third-order valence-corrected chi connectivity index (χ3v) is 5.27. The predicted octanol–water partition coefficient (Wildman–Crippen LogP) is 4.19. The summed E-state index contributed by atoms with van der Waals surface area (Å²) in [5, 5.41) is 9.65. The summed E-state index contributed by atoms with van der Waals surface area (Å²) in [6, 6.07) is 6.13. The van der Waals surface area contributed by atoms with Crippen molar-refractivity contribution in [2.45, 2.75) is 12.0 Å². The van der Waals surface area contributed by atoms with Crippen LogP contribution in [-0.2, 0) is 4.74 Å². The minimum absolute atomic E-state index is 0.228. The normalized spacial score (nSPS) is 22.7. The van der Waals surface area contributed by atoms with Gasteiger partial charge in [0.2, 0.25) is 0 Å². The average molecular weight is 411 g/mol. The summed E-state index contributed by atoms with van der Waals surface area (Å²) in [5.41, 5.74) is 4.39. The lowest BCUT2D eigenvalue weighted by Gasteiger charge is -2.34. The van der Waals surface area contributed by atoms with E-state index in [-0.39, 0.29) is 12.0 Å². The van der Waals surface area contributed by atoms with E-state index in [0.29, 0.717) is 17.1 Å². The van der Waals surface area contributed by atoms with Crippen LogP contribution in [0.1, 0.15) is 11.5 Å². The lowest BCUT2D eigenvalue weighted by molar-refractivity contribution is 0.188. The summed E-state index contributed by atoms with van der Waals surface area (Å²) in [7, 11) is 3.19. The van der Waals surface area contributed by atoms with Crippen LogP contribution >= 0.6 is 15.9 Å². The molecule has 0 bridgehead atoms. The zero-order chi connectivity index (χ0) is 18.3. The molecule has 6 heteroatoms. The van der Waals surface area contributed by atoms with Gasteiger partial charge in [0.05, 0.1) is 42.3 Å². The average Bonchev–Trinajstić information content (AvgIpc) is 3.15. The van der Waals surface area contributed by atoms with Crippen LogP contribution in [-0.4, -0.2) is 26.5 Å². The molecule has 2 atom stereocenters. The minimum atomic E-state index is -0.244. The van der Waals surface area contributed by atoms with E-state index in [1.165, 1.54) is 0 Å². The van der Waals surface area contributed by atoms with Gasteiger partial charge in [-0.2, -0.15) is 5.26 Å². The number of nitrogens with zero attached hydrogens (tertiary/aromatic N) is 2. The van der Waals surface area contributed by atoms with Gasteiger partial charge in [0.15, 0.2) is 11.5 Å². The number of halogens is 1. The SMILES string of the molecule is COc1cc(C2C(C#N)=COC3C4=CC=NC4=CC=C32)cc(Br)c1OC. The fourth-order valence-electron chi connectivity index (χ4n) is 3.52. The fraction of sp³-hybridized carbons (Fsp3) is 0.200. The van der Waals surface area contributed by atoms with Crippen LogP contribution in [0.15, 0.2) is 68.5 Å². The highest BCUT2D eigenvalue weighted by Gasteiger charge is 2.38. The number of allylic oxidation sites excluding steroid dienone is 4. The molecular weight excluding hydrogens is 396 g/mol. The quantitative estimate of drug-likeness (QED) is 0.748. The molecule has 0 aromatic heterocycles. The van der Waals surface area contributed by atoms with Crippen molar-refractivity contribution < 1.29 is 14.2 Å². The Hall–Kier alpha value is -2.78. The van der Waals surface area contributed by atoms with Gasteiger partial charge in [0, 0.05) is 17.7 Å². The molecule has 1 aliphatic carbocycles. The highest BCUT2D eigenvalue weighted by Crippen LogP contribution is 2.47. The first-order valence-electron chi connectivity index (χ1n) is 8.01. The topological polar surface area (TPSA) is 63.8 Å². The molecular formula is C20H15BrN2O3. The summed E-state index contributed by atoms with van der Waals surface area (Å²) < 4.78 is 17.5. The van der Waals surface area contributed by atoms with Crippen LogP contribution in [0.4, 0.5) is 0 Å². The molecule has 5 nitrogen and oxygen atoms in total. The number of rotatable bonds is 3. The number of aliphatic imine (C=N–C) groups is 1. The van der Waals surface area contributed by atoms with E-state index in [1.54, 1.807) is 26.7 Å². The third-order valence-electron chi connectivity index (χ3n) is 4.68. The van der Waals surface area contributed by atoms with Crippen LogP contribution in [0.3, 0.4) is 0 Å². The molecule has 0 fully saturated rings. The lowest BCUT2D eigenvalue weighted by Crippen LogP contribution is -2.28. The van der Waals surface area contributed by atoms with Gasteiger partial charge >= 0.3 is 0 Å². The number of nitriles is 1. The number of benzene rings is 1. The molecule has 0 spiro atoms. The van der Waals surface area contributed by atoms with Crippen molar-refractivity contribution in [1.29, 1.82) is 5.26 Å². The molecule has 2 unspecified atom stereocenters. The number of fused-ring (bicyclic) bond motifs is 3. The van der Waals surface area contributed by atoms with Crippen LogP contribution in [0, 0.1) is 11.3 Å². The predicted molar refractivity (Wildman–Crippen MR) is 101 cm³/mol. The molecule has 0 saturated carbocycles. The Bertz CT molecular complexity index is 980. The fourth-order valence-corrected chi connectivity index (χ4v) is 4.14. The Kier molecular flexibility index (Phi) is 4.17. The first kappa shape index (κ1) is 16.7. The van der Waals surface area contributed by atoms with Gasteiger partial charge in [0.1, 0.15) is 6.10 Å². The zero-order valence-corrected chi connectivity index (χ0v) is 15.8. The van der Waals surface area contributed by atoms with E-state index in [4.69, 9.17) is 14.2 Å². The second kappa shape index (κ2) is 6.50. The van der Waals surface area contributed by atoms with E-state index in [9.17, 15) is 5.26 Å². The standard InChI is InChI=1S/C20H15BrN2O3/c1-24-17-8-11(7-15(21)20(17)25-2)18-12(9-22)10-26-19-13-5-6-23-16(13)4-3-14(18)19/h3-8,10,18-19H,1-2H3. The first-order chi connectivity index (χ1) is 12.7. The Morgan fingerprint density at radius 3 is 2.77 bits per heavy atom. The van der Waals surface area contributed by atoms with E-state index >= 15 is 0 Å². The van der Waals surface area contributed by atoms with E-state index in [1.807, 2.05) is 30.4 Å². The Morgan fingerprint density at radius 1 is 1.19 bits per heavy atom. The maximum Gasteiger partial charge on any atom is 0.174 e. The lowest BCUT2D eigenvalue weighted by atomic mass is 9.77. The van der Waals surface area contributed by atoms with Crippen LogP contribution in [0.2, 0.25) is 0 Å². The molecule has 2 aliphatic heterocycles. The minimum Gasteiger partial charge on any atom is -0.493 e. The van der Waals surface area contributed by atoms with Crippen LogP contribution in [0.25, 0.3) is 0 Å². The zero-order valence-electron chi connectivity index (χ0n) is 14.2. The van der Waals surface area contributed by atoms with Crippen molar-refractivity contribution in [3.63, 3.8) is 0 Å². The maximum atomic E-state index is 9.65.